The van der Waals surface area contributed by atoms with Gasteiger partial charge in [-0.15, -0.1) is 0 Å². The average molecular weight is 700 g/mol. The number of likely N-dealkylation sites (tertiary alicyclic amines) is 1. The molecule has 0 bridgehead atoms. The van der Waals surface area contributed by atoms with Gasteiger partial charge in [-0.3, -0.25) is 0 Å². The van der Waals surface area contributed by atoms with Crippen LogP contribution in [0.2, 0.25) is 0 Å². The lowest BCUT2D eigenvalue weighted by atomic mass is 9.87. The molecule has 3 atom stereocenters. The molecule has 1 amide bonds. The molecular formula is C41H49NO9. The van der Waals surface area contributed by atoms with Crippen molar-refractivity contribution in [2.45, 2.75) is 63.8 Å². The third-order valence-corrected chi connectivity index (χ3v) is 9.16. The lowest BCUT2D eigenvalue weighted by molar-refractivity contribution is -0.145. The first-order valence-corrected chi connectivity index (χ1v) is 17.8. The van der Waals surface area contributed by atoms with Gasteiger partial charge in [0.2, 0.25) is 0 Å². The van der Waals surface area contributed by atoms with Gasteiger partial charge in [-0.05, 0) is 78.1 Å². The molecule has 10 heteroatoms. The number of hydrogen-bond donors (Lipinski definition) is 1. The van der Waals surface area contributed by atoms with E-state index in [-0.39, 0.29) is 18.1 Å². The Labute approximate surface area is 300 Å². The fourth-order valence-corrected chi connectivity index (χ4v) is 6.50. The molecule has 0 saturated carbocycles. The molecular weight excluding hydrogens is 650 g/mol. The van der Waals surface area contributed by atoms with Crippen molar-refractivity contribution in [1.29, 1.82) is 0 Å². The average Bonchev–Trinajstić information content (AvgIpc) is 3.50. The van der Waals surface area contributed by atoms with Crippen molar-refractivity contribution < 1.29 is 43.1 Å². The van der Waals surface area contributed by atoms with Crippen molar-refractivity contribution in [3.05, 3.63) is 108 Å². The number of fused-ring (bicyclic) bond motifs is 1. The quantitative estimate of drug-likeness (QED) is 0.113. The maximum absolute atomic E-state index is 11.9. The van der Waals surface area contributed by atoms with E-state index in [1.165, 1.54) is 4.90 Å². The van der Waals surface area contributed by atoms with E-state index < -0.39 is 11.9 Å². The molecule has 0 aliphatic carbocycles. The van der Waals surface area contributed by atoms with Gasteiger partial charge in [0.25, 0.3) is 0 Å². The molecule has 3 unspecified atom stereocenters. The lowest BCUT2D eigenvalue weighted by Crippen LogP contribution is -2.46. The maximum atomic E-state index is 11.9. The fourth-order valence-electron chi connectivity index (χ4n) is 6.50. The molecule has 1 N–H and O–H groups in total. The number of hydrogen-bond acceptors (Lipinski definition) is 8. The van der Waals surface area contributed by atoms with Gasteiger partial charge in [0, 0.05) is 18.9 Å². The number of nitrogens with zero attached hydrogens (tertiary/aromatic N) is 1. The first-order chi connectivity index (χ1) is 24.8. The predicted octanol–water partition coefficient (Wildman–Crippen LogP) is 7.43. The van der Waals surface area contributed by atoms with Crippen LogP contribution in [-0.2, 0) is 36.9 Å². The van der Waals surface area contributed by atoms with Gasteiger partial charge in [0.1, 0.15) is 24.2 Å². The highest BCUT2D eigenvalue weighted by Crippen LogP contribution is 2.33. The summed E-state index contributed by atoms with van der Waals surface area (Å²) in [5, 5.41) is 11.9. The number of carboxylic acid groups (broad SMARTS) is 1. The van der Waals surface area contributed by atoms with E-state index in [0.717, 1.165) is 45.4 Å². The number of amides is 1. The molecule has 6 rings (SSSR count). The van der Waals surface area contributed by atoms with E-state index in [4.69, 9.17) is 33.2 Å². The molecule has 0 aromatic heterocycles. The van der Waals surface area contributed by atoms with E-state index in [9.17, 15) is 9.90 Å². The second-order valence-electron chi connectivity index (χ2n) is 13.5. The Morgan fingerprint density at radius 1 is 0.824 bits per heavy atom. The number of carbonyl (C=O) groups is 1. The summed E-state index contributed by atoms with van der Waals surface area (Å²) in [6.07, 6.45) is 0.192. The van der Waals surface area contributed by atoms with Crippen LogP contribution in [0.1, 0.15) is 49.3 Å². The lowest BCUT2D eigenvalue weighted by Gasteiger charge is -2.37. The zero-order valence-electron chi connectivity index (χ0n) is 29.5. The number of rotatable bonds is 17. The van der Waals surface area contributed by atoms with Crippen LogP contribution in [0.5, 0.6) is 11.5 Å². The normalized spacial score (nSPS) is 20.0. The number of benzene rings is 4. The minimum atomic E-state index is -0.924. The molecule has 4 aromatic carbocycles. The summed E-state index contributed by atoms with van der Waals surface area (Å²) in [6.45, 7) is 8.59. The third-order valence-electron chi connectivity index (χ3n) is 9.16. The van der Waals surface area contributed by atoms with Crippen LogP contribution in [0.25, 0.3) is 10.8 Å². The van der Waals surface area contributed by atoms with E-state index >= 15 is 0 Å². The van der Waals surface area contributed by atoms with Gasteiger partial charge in [-0.2, -0.15) is 0 Å². The molecule has 10 nitrogen and oxygen atoms in total. The molecule has 0 spiro atoms. The van der Waals surface area contributed by atoms with Crippen molar-refractivity contribution in [2.75, 3.05) is 52.7 Å². The zero-order chi connectivity index (χ0) is 35.5. The van der Waals surface area contributed by atoms with E-state index in [2.05, 4.69) is 42.5 Å². The van der Waals surface area contributed by atoms with Crippen LogP contribution in [0.4, 0.5) is 4.79 Å². The highest BCUT2D eigenvalue weighted by Gasteiger charge is 2.34. The molecule has 2 saturated heterocycles. The minimum absolute atomic E-state index is 0.0583. The Morgan fingerprint density at radius 3 is 2.39 bits per heavy atom. The number of piperidine rings is 1. The Kier molecular flexibility index (Phi) is 12.8. The Bertz CT molecular complexity index is 1680. The summed E-state index contributed by atoms with van der Waals surface area (Å²) in [5.74, 6) is 1.06. The summed E-state index contributed by atoms with van der Waals surface area (Å²) in [6, 6.07) is 30.5. The summed E-state index contributed by atoms with van der Waals surface area (Å²) in [4.78, 5) is 13.3. The molecule has 2 heterocycles. The largest absolute Gasteiger partial charge is 0.494 e. The molecule has 4 aromatic rings. The SMILES string of the molecule is CC1(C)OCC(COCCOc2ccc3ccc(COC4CN(C(=O)O)CCC4c4ccc(OCCCOCc5ccccc5)cc4)cc3c2)O1. The van der Waals surface area contributed by atoms with Gasteiger partial charge in [-0.1, -0.05) is 60.7 Å². The van der Waals surface area contributed by atoms with Crippen molar-refractivity contribution in [3.8, 4) is 11.5 Å². The first kappa shape index (κ1) is 36.6. The van der Waals surface area contributed by atoms with Crippen LogP contribution in [0.3, 0.4) is 0 Å². The van der Waals surface area contributed by atoms with Crippen molar-refractivity contribution in [2.24, 2.45) is 0 Å². The second kappa shape index (κ2) is 17.8. The van der Waals surface area contributed by atoms with E-state index in [1.54, 1.807) is 0 Å². The Balaban J connectivity index is 0.984. The molecule has 2 aliphatic rings. The third kappa shape index (κ3) is 10.9. The molecule has 272 valence electrons. The Hall–Kier alpha value is -4.19. The zero-order valence-corrected chi connectivity index (χ0v) is 29.5. The second-order valence-corrected chi connectivity index (χ2v) is 13.5. The first-order valence-electron chi connectivity index (χ1n) is 17.8. The van der Waals surface area contributed by atoms with Crippen LogP contribution >= 0.6 is 0 Å². The summed E-state index contributed by atoms with van der Waals surface area (Å²) < 4.78 is 41.3. The van der Waals surface area contributed by atoms with E-state index in [0.29, 0.717) is 72.4 Å². The molecule has 2 aliphatic heterocycles. The predicted molar refractivity (Wildman–Crippen MR) is 193 cm³/mol. The standard InChI is InChI=1S/C41H49NO9/c1-41(2)50-29-37(51-41)28-46-21-22-48-36-16-11-32-10-9-31(23-34(32)24-36)27-49-39-25-42(40(43)44)18-17-38(39)33-12-14-35(15-13-33)47-20-6-19-45-26-30-7-4-3-5-8-30/h3-5,7-16,23-24,37-39H,6,17-22,25-29H2,1-2H3,(H,43,44). The monoisotopic (exact) mass is 699 g/mol. The summed E-state index contributed by atoms with van der Waals surface area (Å²) in [5.41, 5.74) is 3.28. The van der Waals surface area contributed by atoms with Gasteiger partial charge >= 0.3 is 6.09 Å². The summed E-state index contributed by atoms with van der Waals surface area (Å²) in [7, 11) is 0. The van der Waals surface area contributed by atoms with Crippen LogP contribution < -0.4 is 9.47 Å². The summed E-state index contributed by atoms with van der Waals surface area (Å²) >= 11 is 0. The highest BCUT2D eigenvalue weighted by atomic mass is 16.7. The highest BCUT2D eigenvalue weighted by molar-refractivity contribution is 5.84. The van der Waals surface area contributed by atoms with Crippen molar-refractivity contribution in [3.63, 3.8) is 0 Å². The molecule has 2 fully saturated rings. The van der Waals surface area contributed by atoms with Crippen LogP contribution in [0, 0.1) is 0 Å². The van der Waals surface area contributed by atoms with Gasteiger partial charge in [0.05, 0.1) is 58.9 Å². The molecule has 51 heavy (non-hydrogen) atoms. The van der Waals surface area contributed by atoms with Crippen molar-refractivity contribution in [1.82, 2.24) is 4.90 Å². The van der Waals surface area contributed by atoms with Crippen LogP contribution in [-0.4, -0.2) is 86.8 Å². The van der Waals surface area contributed by atoms with Gasteiger partial charge < -0.3 is 43.2 Å². The topological polar surface area (TPSA) is 105 Å². The van der Waals surface area contributed by atoms with Gasteiger partial charge in [0.15, 0.2) is 5.79 Å². The Morgan fingerprint density at radius 2 is 1.61 bits per heavy atom. The smallest absolute Gasteiger partial charge is 0.407 e. The fraction of sp³-hybridized carbons (Fsp3) is 0.439. The van der Waals surface area contributed by atoms with Crippen LogP contribution in [0.15, 0.2) is 91.0 Å². The number of ether oxygens (including phenoxy) is 7. The maximum Gasteiger partial charge on any atom is 0.407 e. The van der Waals surface area contributed by atoms with E-state index in [1.807, 2.05) is 62.4 Å². The minimum Gasteiger partial charge on any atom is -0.494 e. The molecule has 0 radical (unpaired) electrons. The van der Waals surface area contributed by atoms with Crippen molar-refractivity contribution >= 4 is 16.9 Å². The van der Waals surface area contributed by atoms with Gasteiger partial charge in [-0.25, -0.2) is 4.79 Å².